The zero-order chi connectivity index (χ0) is 13.7. The van der Waals surface area contributed by atoms with Crippen molar-refractivity contribution < 1.29 is 19.4 Å². The zero-order valence-electron chi connectivity index (χ0n) is 10.3. The van der Waals surface area contributed by atoms with Gasteiger partial charge in [-0.3, -0.25) is 4.79 Å². The number of hydrogen-bond acceptors (Lipinski definition) is 4. The molecule has 0 amide bonds. The van der Waals surface area contributed by atoms with Gasteiger partial charge in [0.25, 0.3) is 0 Å². The number of nitrogens with two attached hydrogens (primary N) is 1. The summed E-state index contributed by atoms with van der Waals surface area (Å²) in [7, 11) is 3.02. The lowest BCUT2D eigenvalue weighted by Gasteiger charge is -2.17. The molecule has 0 fully saturated rings. The first-order valence-electron chi connectivity index (χ1n) is 5.38. The number of halogens is 1. The third-order valence-electron chi connectivity index (χ3n) is 2.56. The highest BCUT2D eigenvalue weighted by Gasteiger charge is 2.18. The number of carboxylic acids is 1. The molecule has 0 aliphatic rings. The first-order chi connectivity index (χ1) is 8.49. The van der Waals surface area contributed by atoms with Gasteiger partial charge < -0.3 is 20.3 Å². The average molecular weight is 274 g/mol. The molecule has 6 heteroatoms. The van der Waals surface area contributed by atoms with Crippen molar-refractivity contribution >= 4 is 17.6 Å². The van der Waals surface area contributed by atoms with Crippen LogP contribution in [-0.2, 0) is 4.79 Å². The second-order valence-electron chi connectivity index (χ2n) is 3.76. The van der Waals surface area contributed by atoms with Crippen molar-refractivity contribution in [2.24, 2.45) is 5.73 Å². The minimum atomic E-state index is -0.894. The summed E-state index contributed by atoms with van der Waals surface area (Å²) in [5.41, 5.74) is 6.54. The minimum Gasteiger partial charge on any atom is -0.497 e. The van der Waals surface area contributed by atoms with E-state index in [9.17, 15) is 4.79 Å². The van der Waals surface area contributed by atoms with Gasteiger partial charge in [-0.15, -0.1) is 0 Å². The summed E-state index contributed by atoms with van der Waals surface area (Å²) in [4.78, 5) is 10.5. The quantitative estimate of drug-likeness (QED) is 0.830. The van der Waals surface area contributed by atoms with Crippen molar-refractivity contribution in [1.29, 1.82) is 0 Å². The van der Waals surface area contributed by atoms with Crippen molar-refractivity contribution in [3.63, 3.8) is 0 Å². The van der Waals surface area contributed by atoms with Gasteiger partial charge in [0.1, 0.15) is 11.5 Å². The van der Waals surface area contributed by atoms with Gasteiger partial charge in [-0.2, -0.15) is 0 Å². The smallest absolute Gasteiger partial charge is 0.303 e. The van der Waals surface area contributed by atoms with Crippen LogP contribution in [-0.4, -0.2) is 25.3 Å². The lowest BCUT2D eigenvalue weighted by atomic mass is 10.0. The summed E-state index contributed by atoms with van der Waals surface area (Å²) >= 11 is 6.11. The van der Waals surface area contributed by atoms with E-state index < -0.39 is 12.0 Å². The molecule has 100 valence electrons. The summed E-state index contributed by atoms with van der Waals surface area (Å²) in [6, 6.07) is 2.80. The molecule has 18 heavy (non-hydrogen) atoms. The molecule has 0 spiro atoms. The Bertz CT molecular complexity index is 436. The maximum absolute atomic E-state index is 10.5. The van der Waals surface area contributed by atoms with E-state index in [-0.39, 0.29) is 12.8 Å². The van der Waals surface area contributed by atoms with Gasteiger partial charge in [-0.25, -0.2) is 0 Å². The molecular formula is C12H16ClNO4. The summed E-state index contributed by atoms with van der Waals surface area (Å²) in [6.45, 7) is 0. The Balaban J connectivity index is 3.02. The standard InChI is InChI=1S/C12H16ClNO4/c1-17-7-5-8(13)12(10(6-7)18-2)9(14)3-4-11(15)16/h5-6,9H,3-4,14H2,1-2H3,(H,15,16). The summed E-state index contributed by atoms with van der Waals surface area (Å²) in [6.07, 6.45) is 0.268. The fourth-order valence-corrected chi connectivity index (χ4v) is 1.98. The number of carbonyl (C=O) groups is 1. The van der Waals surface area contributed by atoms with Crippen molar-refractivity contribution in [3.8, 4) is 11.5 Å². The molecule has 0 aromatic heterocycles. The van der Waals surface area contributed by atoms with Crippen molar-refractivity contribution in [3.05, 3.63) is 22.7 Å². The SMILES string of the molecule is COc1cc(Cl)c(C(N)CCC(=O)O)c(OC)c1. The molecule has 0 saturated heterocycles. The molecule has 0 aliphatic heterocycles. The Kier molecular flexibility index (Phi) is 5.25. The topological polar surface area (TPSA) is 81.8 Å². The second-order valence-corrected chi connectivity index (χ2v) is 4.17. The van der Waals surface area contributed by atoms with Crippen LogP contribution in [0.2, 0.25) is 5.02 Å². The van der Waals surface area contributed by atoms with E-state index in [2.05, 4.69) is 0 Å². The molecule has 5 nitrogen and oxygen atoms in total. The number of methoxy groups -OCH3 is 2. The molecule has 1 aromatic rings. The van der Waals surface area contributed by atoms with Gasteiger partial charge in [0.15, 0.2) is 0 Å². The summed E-state index contributed by atoms with van der Waals surface area (Å²) in [5, 5.41) is 9.05. The number of aliphatic carboxylic acids is 1. The molecule has 1 atom stereocenters. The molecule has 0 heterocycles. The minimum absolute atomic E-state index is 0.0212. The van der Waals surface area contributed by atoms with Crippen LogP contribution in [0.3, 0.4) is 0 Å². The van der Waals surface area contributed by atoms with Gasteiger partial charge in [-0.05, 0) is 12.5 Å². The van der Waals surface area contributed by atoms with E-state index in [0.29, 0.717) is 22.1 Å². The Morgan fingerprint density at radius 1 is 1.44 bits per heavy atom. The van der Waals surface area contributed by atoms with E-state index in [1.54, 1.807) is 12.1 Å². The maximum atomic E-state index is 10.5. The fraction of sp³-hybridized carbons (Fsp3) is 0.417. The molecule has 3 N–H and O–H groups in total. The summed E-state index contributed by atoms with van der Waals surface area (Å²) < 4.78 is 10.3. The van der Waals surface area contributed by atoms with Crippen LogP contribution in [0.1, 0.15) is 24.4 Å². The molecule has 0 saturated carbocycles. The first-order valence-corrected chi connectivity index (χ1v) is 5.76. The van der Waals surface area contributed by atoms with Crippen LogP contribution in [0.5, 0.6) is 11.5 Å². The molecule has 0 bridgehead atoms. The van der Waals surface area contributed by atoms with Crippen LogP contribution in [0.4, 0.5) is 0 Å². The van der Waals surface area contributed by atoms with E-state index in [1.807, 2.05) is 0 Å². The van der Waals surface area contributed by atoms with Crippen LogP contribution < -0.4 is 15.2 Å². The molecule has 1 rings (SSSR count). The number of ether oxygens (including phenoxy) is 2. The highest BCUT2D eigenvalue weighted by Crippen LogP contribution is 2.36. The first kappa shape index (κ1) is 14.6. The van der Waals surface area contributed by atoms with E-state index >= 15 is 0 Å². The van der Waals surface area contributed by atoms with Crippen molar-refractivity contribution in [1.82, 2.24) is 0 Å². The van der Waals surface area contributed by atoms with Gasteiger partial charge in [0.2, 0.25) is 0 Å². The van der Waals surface area contributed by atoms with Gasteiger partial charge >= 0.3 is 5.97 Å². The lowest BCUT2D eigenvalue weighted by molar-refractivity contribution is -0.137. The second kappa shape index (κ2) is 6.47. The fourth-order valence-electron chi connectivity index (χ4n) is 1.64. The highest BCUT2D eigenvalue weighted by atomic mass is 35.5. The molecule has 1 unspecified atom stereocenters. The third-order valence-corrected chi connectivity index (χ3v) is 2.87. The largest absolute Gasteiger partial charge is 0.497 e. The molecule has 0 radical (unpaired) electrons. The van der Waals surface area contributed by atoms with Gasteiger partial charge in [-0.1, -0.05) is 11.6 Å². The molecular weight excluding hydrogens is 258 g/mol. The number of carboxylic acid groups (broad SMARTS) is 1. The molecule has 1 aromatic carbocycles. The monoisotopic (exact) mass is 273 g/mol. The Morgan fingerprint density at radius 3 is 2.61 bits per heavy atom. The number of rotatable bonds is 6. The third kappa shape index (κ3) is 3.51. The van der Waals surface area contributed by atoms with Crippen molar-refractivity contribution in [2.75, 3.05) is 14.2 Å². The van der Waals surface area contributed by atoms with Crippen LogP contribution >= 0.6 is 11.6 Å². The number of hydrogen-bond donors (Lipinski definition) is 2. The van der Waals surface area contributed by atoms with Crippen LogP contribution in [0, 0.1) is 0 Å². The summed E-state index contributed by atoms with van der Waals surface area (Å²) in [5.74, 6) is 0.164. The molecule has 0 aliphatic carbocycles. The maximum Gasteiger partial charge on any atom is 0.303 e. The van der Waals surface area contributed by atoms with Gasteiger partial charge in [0.05, 0.1) is 19.2 Å². The van der Waals surface area contributed by atoms with E-state index in [1.165, 1.54) is 14.2 Å². The average Bonchev–Trinajstić information content (AvgIpc) is 2.34. The Morgan fingerprint density at radius 2 is 2.11 bits per heavy atom. The van der Waals surface area contributed by atoms with E-state index in [4.69, 9.17) is 31.9 Å². The Labute approximate surface area is 110 Å². The lowest BCUT2D eigenvalue weighted by Crippen LogP contribution is -2.14. The normalized spacial score (nSPS) is 12.0. The Hall–Kier alpha value is -1.46. The predicted octanol–water partition coefficient (Wildman–Crippen LogP) is 2.22. The highest BCUT2D eigenvalue weighted by molar-refractivity contribution is 6.31. The van der Waals surface area contributed by atoms with E-state index in [0.717, 1.165) is 0 Å². The van der Waals surface area contributed by atoms with Gasteiger partial charge in [0, 0.05) is 24.1 Å². The van der Waals surface area contributed by atoms with Crippen LogP contribution in [0.15, 0.2) is 12.1 Å². The number of benzene rings is 1. The van der Waals surface area contributed by atoms with Crippen molar-refractivity contribution in [2.45, 2.75) is 18.9 Å². The zero-order valence-corrected chi connectivity index (χ0v) is 11.0. The predicted molar refractivity (Wildman–Crippen MR) is 68.4 cm³/mol. The van der Waals surface area contributed by atoms with Crippen LogP contribution in [0.25, 0.3) is 0 Å².